The summed E-state index contributed by atoms with van der Waals surface area (Å²) < 4.78 is 8.88. The van der Waals surface area contributed by atoms with Crippen LogP contribution < -0.4 is 0 Å². The van der Waals surface area contributed by atoms with Crippen molar-refractivity contribution in [3.8, 4) is 16.8 Å². The van der Waals surface area contributed by atoms with Crippen LogP contribution in [0.2, 0.25) is 0 Å². The molecular weight excluding hydrogens is 627 g/mol. The summed E-state index contributed by atoms with van der Waals surface area (Å²) >= 11 is 1.93. The molecule has 50 heavy (non-hydrogen) atoms. The summed E-state index contributed by atoms with van der Waals surface area (Å²) in [7, 11) is 0. The topological polar surface area (TPSA) is 18.1 Å². The molecule has 0 bridgehead atoms. The average molecular weight is 654 g/mol. The molecular formula is C47H27NOS. The van der Waals surface area contributed by atoms with E-state index in [0.29, 0.717) is 0 Å². The number of fused-ring (bicyclic) bond motifs is 18. The van der Waals surface area contributed by atoms with E-state index in [0.717, 1.165) is 27.6 Å². The van der Waals surface area contributed by atoms with Gasteiger partial charge in [-0.05, 0) is 80.6 Å². The number of aromatic nitrogens is 1. The molecule has 1 aliphatic heterocycles. The van der Waals surface area contributed by atoms with Crippen molar-refractivity contribution >= 4 is 66.3 Å². The molecule has 0 radical (unpaired) electrons. The average Bonchev–Trinajstić information content (AvgIpc) is 3.82. The maximum Gasteiger partial charge on any atom is 0.137 e. The van der Waals surface area contributed by atoms with Crippen LogP contribution in [-0.2, 0) is 5.41 Å². The van der Waals surface area contributed by atoms with Gasteiger partial charge in [-0.2, -0.15) is 0 Å². The highest BCUT2D eigenvalue weighted by atomic mass is 32.2. The molecule has 3 heterocycles. The molecule has 8 aromatic carbocycles. The van der Waals surface area contributed by atoms with E-state index in [1.165, 1.54) is 75.7 Å². The Balaban J connectivity index is 1.26. The highest BCUT2D eigenvalue weighted by Crippen LogP contribution is 2.63. The molecule has 3 heteroatoms. The zero-order chi connectivity index (χ0) is 32.6. The van der Waals surface area contributed by atoms with E-state index in [1.807, 2.05) is 17.8 Å². The Bertz CT molecular complexity index is 3040. The number of hydrogen-bond donors (Lipinski definition) is 0. The first-order valence-electron chi connectivity index (χ1n) is 17.2. The van der Waals surface area contributed by atoms with Crippen LogP contribution in [0.3, 0.4) is 0 Å². The fourth-order valence-electron chi connectivity index (χ4n) is 9.31. The summed E-state index contributed by atoms with van der Waals surface area (Å²) in [5, 5.41) is 7.40. The third-order valence-electron chi connectivity index (χ3n) is 11.3. The van der Waals surface area contributed by atoms with Gasteiger partial charge in [0.2, 0.25) is 0 Å². The fourth-order valence-corrected chi connectivity index (χ4v) is 10.6. The SMILES string of the molecule is c1ccc2c(c1)Sc1c(ccc3c1c1c4ccccc4ccc1n3-c1ccc3c(c1)oc1ccccc13)C21c2ccccc2-c2ccccc21. The number of benzene rings is 8. The Morgan fingerprint density at radius 2 is 1.10 bits per heavy atom. The summed E-state index contributed by atoms with van der Waals surface area (Å²) in [6, 6.07) is 60.4. The van der Waals surface area contributed by atoms with Gasteiger partial charge in [0, 0.05) is 43.1 Å². The van der Waals surface area contributed by atoms with Crippen molar-refractivity contribution in [3.63, 3.8) is 0 Å². The molecule has 0 saturated carbocycles. The maximum absolute atomic E-state index is 6.43. The zero-order valence-electron chi connectivity index (χ0n) is 26.9. The summed E-state index contributed by atoms with van der Waals surface area (Å²) in [5.41, 5.74) is 13.0. The first-order chi connectivity index (χ1) is 24.8. The second-order valence-electron chi connectivity index (χ2n) is 13.6. The molecule has 12 rings (SSSR count). The molecule has 2 aliphatic rings. The van der Waals surface area contributed by atoms with Gasteiger partial charge in [0.05, 0.1) is 16.4 Å². The maximum atomic E-state index is 6.43. The van der Waals surface area contributed by atoms with E-state index in [-0.39, 0.29) is 0 Å². The van der Waals surface area contributed by atoms with Gasteiger partial charge in [-0.3, -0.25) is 0 Å². The van der Waals surface area contributed by atoms with Gasteiger partial charge in [-0.25, -0.2) is 0 Å². The highest BCUT2D eigenvalue weighted by Gasteiger charge is 2.50. The Labute approximate surface area is 292 Å². The minimum Gasteiger partial charge on any atom is -0.456 e. The summed E-state index contributed by atoms with van der Waals surface area (Å²) in [5.74, 6) is 0. The molecule has 2 nitrogen and oxygen atoms in total. The van der Waals surface area contributed by atoms with Crippen molar-refractivity contribution < 1.29 is 4.42 Å². The third-order valence-corrected chi connectivity index (χ3v) is 12.5. The van der Waals surface area contributed by atoms with Gasteiger partial charge < -0.3 is 8.98 Å². The molecule has 0 N–H and O–H groups in total. The molecule has 10 aromatic rings. The quantitative estimate of drug-likeness (QED) is 0.175. The number of rotatable bonds is 1. The Hall–Kier alpha value is -6.03. The molecule has 0 atom stereocenters. The smallest absolute Gasteiger partial charge is 0.137 e. The van der Waals surface area contributed by atoms with E-state index in [2.05, 4.69) is 162 Å². The van der Waals surface area contributed by atoms with Gasteiger partial charge in [-0.15, -0.1) is 0 Å². The Kier molecular flexibility index (Phi) is 5.14. The lowest BCUT2D eigenvalue weighted by Crippen LogP contribution is -2.32. The summed E-state index contributed by atoms with van der Waals surface area (Å²) in [6.45, 7) is 0. The summed E-state index contributed by atoms with van der Waals surface area (Å²) in [4.78, 5) is 2.64. The zero-order valence-corrected chi connectivity index (χ0v) is 27.7. The van der Waals surface area contributed by atoms with Crippen molar-refractivity contribution in [3.05, 3.63) is 186 Å². The molecule has 1 spiro atoms. The normalized spacial score (nSPS) is 14.1. The van der Waals surface area contributed by atoms with Gasteiger partial charge >= 0.3 is 0 Å². The second kappa shape index (κ2) is 9.56. The van der Waals surface area contributed by atoms with Crippen molar-refractivity contribution in [2.45, 2.75) is 15.2 Å². The van der Waals surface area contributed by atoms with Gasteiger partial charge in [0.15, 0.2) is 0 Å². The Morgan fingerprint density at radius 1 is 0.460 bits per heavy atom. The highest BCUT2D eigenvalue weighted by molar-refractivity contribution is 7.99. The van der Waals surface area contributed by atoms with Crippen molar-refractivity contribution in [1.82, 2.24) is 4.57 Å². The van der Waals surface area contributed by atoms with Crippen LogP contribution in [-0.4, -0.2) is 4.57 Å². The molecule has 232 valence electrons. The molecule has 0 fully saturated rings. The largest absolute Gasteiger partial charge is 0.456 e. The molecule has 0 unspecified atom stereocenters. The minimum atomic E-state index is -0.426. The van der Waals surface area contributed by atoms with Crippen LogP contribution in [0.5, 0.6) is 0 Å². The first kappa shape index (κ1) is 26.9. The van der Waals surface area contributed by atoms with Gasteiger partial charge in [0.1, 0.15) is 11.2 Å². The minimum absolute atomic E-state index is 0.426. The van der Waals surface area contributed by atoms with Crippen molar-refractivity contribution in [2.24, 2.45) is 0 Å². The lowest BCUT2D eigenvalue weighted by atomic mass is 9.67. The van der Waals surface area contributed by atoms with Crippen LogP contribution in [0.15, 0.2) is 178 Å². The first-order valence-corrected chi connectivity index (χ1v) is 18.0. The van der Waals surface area contributed by atoms with E-state index in [9.17, 15) is 0 Å². The monoisotopic (exact) mass is 653 g/mol. The lowest BCUT2D eigenvalue weighted by Gasteiger charge is -2.40. The van der Waals surface area contributed by atoms with Crippen LogP contribution in [0.25, 0.3) is 71.3 Å². The Morgan fingerprint density at radius 3 is 1.94 bits per heavy atom. The lowest BCUT2D eigenvalue weighted by molar-refractivity contribution is 0.668. The number of para-hydroxylation sites is 1. The number of nitrogens with zero attached hydrogens (tertiary/aromatic N) is 1. The predicted molar refractivity (Wildman–Crippen MR) is 207 cm³/mol. The van der Waals surface area contributed by atoms with Crippen LogP contribution >= 0.6 is 11.8 Å². The molecule has 1 aliphatic carbocycles. The molecule has 0 amide bonds. The van der Waals surface area contributed by atoms with E-state index < -0.39 is 5.41 Å². The van der Waals surface area contributed by atoms with Crippen molar-refractivity contribution in [2.75, 3.05) is 0 Å². The van der Waals surface area contributed by atoms with Crippen LogP contribution in [0.4, 0.5) is 0 Å². The number of hydrogen-bond acceptors (Lipinski definition) is 2. The van der Waals surface area contributed by atoms with E-state index >= 15 is 0 Å². The third kappa shape index (κ3) is 3.22. The number of furan rings is 1. The van der Waals surface area contributed by atoms with E-state index in [4.69, 9.17) is 4.42 Å². The fraction of sp³-hybridized carbons (Fsp3) is 0.0213. The van der Waals surface area contributed by atoms with Gasteiger partial charge in [-0.1, -0.05) is 133 Å². The molecule has 0 saturated heterocycles. The predicted octanol–water partition coefficient (Wildman–Crippen LogP) is 12.7. The van der Waals surface area contributed by atoms with Gasteiger partial charge in [0.25, 0.3) is 0 Å². The van der Waals surface area contributed by atoms with E-state index in [1.54, 1.807) is 0 Å². The standard InChI is InChI=1S/C47H27NOS/c1-2-12-30-28(11-1)21-25-39-44(30)45-40(48(39)29-22-23-34-33-15-5-9-19-41(33)49-42(34)27-29)26-24-38-46(45)50-43-20-10-8-18-37(43)47(38)35-16-6-3-13-31(35)32-14-4-7-17-36(32)47/h1-27H. The van der Waals surface area contributed by atoms with Crippen LogP contribution in [0, 0.1) is 0 Å². The molecule has 2 aromatic heterocycles. The second-order valence-corrected chi connectivity index (χ2v) is 14.6. The van der Waals surface area contributed by atoms with Crippen molar-refractivity contribution in [1.29, 1.82) is 0 Å². The van der Waals surface area contributed by atoms with Crippen LogP contribution in [0.1, 0.15) is 22.3 Å². The summed E-state index contributed by atoms with van der Waals surface area (Å²) in [6.07, 6.45) is 0.